The number of hydrogen-bond donors (Lipinski definition) is 0. The summed E-state index contributed by atoms with van der Waals surface area (Å²) in [6, 6.07) is 12.2. The van der Waals surface area contributed by atoms with Gasteiger partial charge in [-0.15, -0.1) is 0 Å². The largest absolute Gasteiger partial charge is 0.474 e. The SMILES string of the molecule is CCc1ccc([C@H]2C[C@@H](Oc3ccc(-c4onc(OCOC)c4F)cn3)C2)cc1. The lowest BCUT2D eigenvalue weighted by Gasteiger charge is -2.35. The topological polar surface area (TPSA) is 66.6 Å². The Hall–Kier alpha value is -2.93. The van der Waals surface area contributed by atoms with Crippen LogP contribution in [-0.2, 0) is 11.2 Å². The van der Waals surface area contributed by atoms with Gasteiger partial charge in [-0.25, -0.2) is 4.98 Å². The zero-order valence-electron chi connectivity index (χ0n) is 16.4. The van der Waals surface area contributed by atoms with Gasteiger partial charge in [0, 0.05) is 24.9 Å². The third-order valence-corrected chi connectivity index (χ3v) is 5.16. The highest BCUT2D eigenvalue weighted by molar-refractivity contribution is 5.58. The maximum atomic E-state index is 14.3. The fourth-order valence-corrected chi connectivity index (χ4v) is 3.36. The number of rotatable bonds is 8. The highest BCUT2D eigenvalue weighted by atomic mass is 19.1. The van der Waals surface area contributed by atoms with Crippen molar-refractivity contribution in [1.82, 2.24) is 10.1 Å². The molecule has 2 aromatic heterocycles. The predicted octanol–water partition coefficient (Wildman–Crippen LogP) is 4.75. The summed E-state index contributed by atoms with van der Waals surface area (Å²) in [4.78, 5) is 4.27. The van der Waals surface area contributed by atoms with Crippen LogP contribution in [0, 0.1) is 5.82 Å². The lowest BCUT2D eigenvalue weighted by molar-refractivity contribution is 0.0429. The second-order valence-corrected chi connectivity index (χ2v) is 7.07. The molecule has 3 aromatic rings. The van der Waals surface area contributed by atoms with Crippen LogP contribution in [0.3, 0.4) is 0 Å². The number of aryl methyl sites for hydroxylation is 1. The second-order valence-electron chi connectivity index (χ2n) is 7.07. The quantitative estimate of drug-likeness (QED) is 0.511. The van der Waals surface area contributed by atoms with Gasteiger partial charge >= 0.3 is 0 Å². The summed E-state index contributed by atoms with van der Waals surface area (Å²) in [5.74, 6) is 0.0748. The molecular weight excluding hydrogens is 375 g/mol. The molecule has 0 amide bonds. The summed E-state index contributed by atoms with van der Waals surface area (Å²) in [5, 5.41) is 3.56. The molecule has 0 saturated heterocycles. The number of hydrogen-bond acceptors (Lipinski definition) is 6. The average Bonchev–Trinajstić information content (AvgIpc) is 3.10. The third-order valence-electron chi connectivity index (χ3n) is 5.16. The first-order valence-electron chi connectivity index (χ1n) is 9.66. The van der Waals surface area contributed by atoms with Crippen molar-refractivity contribution in [2.75, 3.05) is 13.9 Å². The molecule has 0 N–H and O–H groups in total. The van der Waals surface area contributed by atoms with Gasteiger partial charge in [0.25, 0.3) is 5.88 Å². The molecule has 1 saturated carbocycles. The van der Waals surface area contributed by atoms with Crippen LogP contribution in [0.4, 0.5) is 4.39 Å². The minimum absolute atomic E-state index is 0.0330. The number of methoxy groups -OCH3 is 1. The van der Waals surface area contributed by atoms with Gasteiger partial charge in [0.15, 0.2) is 6.79 Å². The van der Waals surface area contributed by atoms with E-state index in [1.54, 1.807) is 12.1 Å². The molecule has 1 aromatic carbocycles. The molecule has 0 atom stereocenters. The van der Waals surface area contributed by atoms with E-state index in [1.807, 2.05) is 0 Å². The highest BCUT2D eigenvalue weighted by Gasteiger charge is 2.32. The minimum atomic E-state index is -0.687. The lowest BCUT2D eigenvalue weighted by Crippen LogP contribution is -2.32. The van der Waals surface area contributed by atoms with Gasteiger partial charge in [-0.2, -0.15) is 4.39 Å². The molecule has 0 spiro atoms. The van der Waals surface area contributed by atoms with Crippen molar-refractivity contribution in [2.45, 2.75) is 38.2 Å². The Morgan fingerprint density at radius 2 is 1.93 bits per heavy atom. The monoisotopic (exact) mass is 398 g/mol. The van der Waals surface area contributed by atoms with Gasteiger partial charge in [0.1, 0.15) is 6.10 Å². The Bertz CT molecular complexity index is 934. The van der Waals surface area contributed by atoms with E-state index in [-0.39, 0.29) is 24.5 Å². The average molecular weight is 398 g/mol. The summed E-state index contributed by atoms with van der Waals surface area (Å²) >= 11 is 0. The van der Waals surface area contributed by atoms with Gasteiger partial charge in [0.2, 0.25) is 17.5 Å². The van der Waals surface area contributed by atoms with Gasteiger partial charge in [-0.05, 0) is 47.5 Å². The normalized spacial score (nSPS) is 18.3. The van der Waals surface area contributed by atoms with Crippen LogP contribution in [-0.4, -0.2) is 30.1 Å². The van der Waals surface area contributed by atoms with Crippen molar-refractivity contribution in [1.29, 1.82) is 0 Å². The maximum Gasteiger partial charge on any atom is 0.293 e. The van der Waals surface area contributed by atoms with Gasteiger partial charge in [0.05, 0.1) is 0 Å². The number of benzene rings is 1. The van der Waals surface area contributed by atoms with E-state index in [0.717, 1.165) is 19.3 Å². The zero-order chi connectivity index (χ0) is 20.2. The van der Waals surface area contributed by atoms with Crippen molar-refractivity contribution in [3.05, 3.63) is 59.5 Å². The first kappa shape index (κ1) is 19.4. The minimum Gasteiger partial charge on any atom is -0.474 e. The van der Waals surface area contributed by atoms with Crippen LogP contribution in [0.15, 0.2) is 47.1 Å². The summed E-state index contributed by atoms with van der Waals surface area (Å²) in [6.07, 6.45) is 4.62. The van der Waals surface area contributed by atoms with Crippen LogP contribution in [0.2, 0.25) is 0 Å². The van der Waals surface area contributed by atoms with Crippen LogP contribution >= 0.6 is 0 Å². The molecule has 6 nitrogen and oxygen atoms in total. The highest BCUT2D eigenvalue weighted by Crippen LogP contribution is 2.39. The third kappa shape index (κ3) is 4.24. The molecular formula is C22H23FN2O4. The van der Waals surface area contributed by atoms with E-state index >= 15 is 0 Å². The van der Waals surface area contributed by atoms with Gasteiger partial charge in [-0.1, -0.05) is 31.2 Å². The van der Waals surface area contributed by atoms with Crippen LogP contribution in [0.25, 0.3) is 11.3 Å². The molecule has 1 fully saturated rings. The number of aromatic nitrogens is 2. The van der Waals surface area contributed by atoms with E-state index in [0.29, 0.717) is 17.4 Å². The molecule has 152 valence electrons. The van der Waals surface area contributed by atoms with Crippen molar-refractivity contribution >= 4 is 0 Å². The fourth-order valence-electron chi connectivity index (χ4n) is 3.36. The zero-order valence-corrected chi connectivity index (χ0v) is 16.4. The van der Waals surface area contributed by atoms with Crippen LogP contribution < -0.4 is 9.47 Å². The Balaban J connectivity index is 1.33. The first-order valence-corrected chi connectivity index (χ1v) is 9.66. The Morgan fingerprint density at radius 1 is 1.14 bits per heavy atom. The van der Waals surface area contributed by atoms with Gasteiger partial charge in [-0.3, -0.25) is 0 Å². The summed E-state index contributed by atoms with van der Waals surface area (Å²) < 4.78 is 35.0. The summed E-state index contributed by atoms with van der Waals surface area (Å²) in [5.41, 5.74) is 3.17. The molecule has 4 rings (SSSR count). The molecule has 1 aliphatic rings. The predicted molar refractivity (Wildman–Crippen MR) is 104 cm³/mol. The van der Waals surface area contributed by atoms with Crippen molar-refractivity contribution < 1.29 is 23.1 Å². The van der Waals surface area contributed by atoms with E-state index < -0.39 is 5.82 Å². The number of nitrogens with zero attached hydrogens (tertiary/aromatic N) is 2. The van der Waals surface area contributed by atoms with Gasteiger partial charge < -0.3 is 18.7 Å². The number of halogens is 1. The van der Waals surface area contributed by atoms with Crippen molar-refractivity contribution in [3.8, 4) is 23.1 Å². The molecule has 29 heavy (non-hydrogen) atoms. The molecule has 2 heterocycles. The first-order chi connectivity index (χ1) is 14.2. The summed E-state index contributed by atoms with van der Waals surface area (Å²) in [6.45, 7) is 2.05. The Labute approximate surface area is 168 Å². The second kappa shape index (κ2) is 8.61. The number of ether oxygens (including phenoxy) is 3. The maximum absolute atomic E-state index is 14.3. The van der Waals surface area contributed by atoms with E-state index in [2.05, 4.69) is 41.3 Å². The van der Waals surface area contributed by atoms with Crippen molar-refractivity contribution in [2.24, 2.45) is 0 Å². The van der Waals surface area contributed by atoms with Crippen LogP contribution in [0.5, 0.6) is 11.8 Å². The molecule has 0 unspecified atom stereocenters. The molecule has 0 aliphatic heterocycles. The molecule has 1 aliphatic carbocycles. The lowest BCUT2D eigenvalue weighted by atomic mass is 9.77. The van der Waals surface area contributed by atoms with E-state index in [9.17, 15) is 4.39 Å². The van der Waals surface area contributed by atoms with Crippen LogP contribution in [0.1, 0.15) is 36.8 Å². The Kier molecular flexibility index (Phi) is 5.76. The fraction of sp³-hybridized carbons (Fsp3) is 0.364. The molecule has 7 heteroatoms. The van der Waals surface area contributed by atoms with E-state index in [1.165, 1.54) is 24.4 Å². The van der Waals surface area contributed by atoms with E-state index in [4.69, 9.17) is 18.7 Å². The number of pyridine rings is 1. The smallest absolute Gasteiger partial charge is 0.293 e. The summed E-state index contributed by atoms with van der Waals surface area (Å²) in [7, 11) is 1.44. The van der Waals surface area contributed by atoms with Crippen molar-refractivity contribution in [3.63, 3.8) is 0 Å². The Morgan fingerprint density at radius 3 is 2.59 bits per heavy atom. The molecule has 0 bridgehead atoms. The standard InChI is InChI=1S/C22H23FN2O4/c1-3-14-4-6-15(7-5-14)17-10-18(11-17)28-19-9-8-16(12-24-19)21-20(23)22(25-29-21)27-13-26-2/h4-9,12,17-18H,3,10-11,13H2,1-2H3/t17-,18+. The molecule has 0 radical (unpaired) electrons.